The third kappa shape index (κ3) is 5.53. The van der Waals surface area contributed by atoms with Crippen molar-refractivity contribution in [1.29, 1.82) is 0 Å². The van der Waals surface area contributed by atoms with Crippen LogP contribution in [0.25, 0.3) is 10.9 Å². The maximum absolute atomic E-state index is 9.95. The molecule has 1 atom stereocenters. The Labute approximate surface area is 185 Å². The summed E-state index contributed by atoms with van der Waals surface area (Å²) in [7, 11) is 0. The number of rotatable bonds is 7. The van der Waals surface area contributed by atoms with Crippen molar-refractivity contribution < 1.29 is 14.9 Å². The molecule has 2 aromatic rings. The van der Waals surface area contributed by atoms with E-state index in [2.05, 4.69) is 18.8 Å². The lowest BCUT2D eigenvalue weighted by Gasteiger charge is -2.28. The van der Waals surface area contributed by atoms with Gasteiger partial charge in [0.1, 0.15) is 11.9 Å². The standard InChI is InChI=1S/C25H37N3O3/c1-3-4-16(2)13-23-26-15-22-24(28-23)21(17-5-7-18(29)8-6-17)14-27-25(22)31-20-11-9-19(30)10-12-20/h14-20,29-30H,3-13H2,1-2H3. The van der Waals surface area contributed by atoms with Gasteiger partial charge in [0.2, 0.25) is 5.88 Å². The fraction of sp³-hybridized carbons (Fsp3) is 0.720. The summed E-state index contributed by atoms with van der Waals surface area (Å²) >= 11 is 0. The molecular formula is C25H37N3O3. The minimum Gasteiger partial charge on any atom is -0.474 e. The van der Waals surface area contributed by atoms with E-state index in [4.69, 9.17) is 14.7 Å². The fourth-order valence-electron chi connectivity index (χ4n) is 5.16. The number of ether oxygens (including phenoxy) is 1. The van der Waals surface area contributed by atoms with Crippen LogP contribution in [-0.2, 0) is 6.42 Å². The number of nitrogens with zero attached hydrogens (tertiary/aromatic N) is 3. The molecule has 2 N–H and O–H groups in total. The van der Waals surface area contributed by atoms with Crippen molar-refractivity contribution in [1.82, 2.24) is 15.0 Å². The van der Waals surface area contributed by atoms with Crippen molar-refractivity contribution in [2.24, 2.45) is 5.92 Å². The highest BCUT2D eigenvalue weighted by atomic mass is 16.5. The number of pyridine rings is 1. The van der Waals surface area contributed by atoms with Crippen LogP contribution >= 0.6 is 0 Å². The number of aliphatic hydroxyl groups is 2. The van der Waals surface area contributed by atoms with E-state index >= 15 is 0 Å². The molecule has 6 heteroatoms. The van der Waals surface area contributed by atoms with Crippen molar-refractivity contribution in [3.8, 4) is 5.88 Å². The normalized spacial score (nSPS) is 27.9. The van der Waals surface area contributed by atoms with Crippen LogP contribution in [0.15, 0.2) is 12.4 Å². The fourth-order valence-corrected chi connectivity index (χ4v) is 5.16. The Balaban J connectivity index is 1.65. The SMILES string of the molecule is CCCC(C)Cc1ncc2c(OC3CCC(O)CC3)ncc(C3CCC(O)CC3)c2n1. The summed E-state index contributed by atoms with van der Waals surface area (Å²) in [6, 6.07) is 0. The first-order chi connectivity index (χ1) is 15.0. The first kappa shape index (κ1) is 22.4. The van der Waals surface area contributed by atoms with E-state index in [1.165, 1.54) is 18.4 Å². The van der Waals surface area contributed by atoms with Gasteiger partial charge in [-0.1, -0.05) is 26.7 Å². The van der Waals surface area contributed by atoms with Crippen LogP contribution in [0.5, 0.6) is 5.88 Å². The summed E-state index contributed by atoms with van der Waals surface area (Å²) in [5.41, 5.74) is 2.14. The first-order valence-electron chi connectivity index (χ1n) is 12.2. The summed E-state index contributed by atoms with van der Waals surface area (Å²) in [4.78, 5) is 14.4. The third-order valence-corrected chi connectivity index (χ3v) is 7.03. The van der Waals surface area contributed by atoms with Crippen molar-refractivity contribution in [3.05, 3.63) is 23.8 Å². The van der Waals surface area contributed by atoms with Crippen LogP contribution in [0, 0.1) is 5.92 Å². The van der Waals surface area contributed by atoms with Crippen LogP contribution in [-0.4, -0.2) is 43.5 Å². The Morgan fingerprint density at radius 1 is 0.968 bits per heavy atom. The lowest BCUT2D eigenvalue weighted by molar-refractivity contribution is 0.0651. The molecule has 0 amide bonds. The average Bonchev–Trinajstić information content (AvgIpc) is 2.76. The molecule has 0 aromatic carbocycles. The molecule has 0 spiro atoms. The van der Waals surface area contributed by atoms with E-state index in [1.807, 2.05) is 12.4 Å². The van der Waals surface area contributed by atoms with Crippen LogP contribution in [0.2, 0.25) is 0 Å². The molecule has 2 aliphatic rings. The maximum atomic E-state index is 9.95. The van der Waals surface area contributed by atoms with Crippen LogP contribution in [0.1, 0.15) is 95.4 Å². The van der Waals surface area contributed by atoms with Crippen LogP contribution in [0.4, 0.5) is 0 Å². The monoisotopic (exact) mass is 427 g/mol. The molecule has 2 heterocycles. The molecule has 2 saturated carbocycles. The maximum Gasteiger partial charge on any atom is 0.224 e. The van der Waals surface area contributed by atoms with E-state index in [1.54, 1.807) is 0 Å². The summed E-state index contributed by atoms with van der Waals surface area (Å²) < 4.78 is 6.29. The van der Waals surface area contributed by atoms with Crippen molar-refractivity contribution >= 4 is 10.9 Å². The topological polar surface area (TPSA) is 88.4 Å². The Bertz CT molecular complexity index is 858. The molecular weight excluding hydrogens is 390 g/mol. The zero-order chi connectivity index (χ0) is 21.8. The highest BCUT2D eigenvalue weighted by molar-refractivity contribution is 5.85. The molecule has 31 heavy (non-hydrogen) atoms. The summed E-state index contributed by atoms with van der Waals surface area (Å²) in [5, 5.41) is 20.6. The highest BCUT2D eigenvalue weighted by Crippen LogP contribution is 2.38. The van der Waals surface area contributed by atoms with Gasteiger partial charge in [-0.25, -0.2) is 15.0 Å². The van der Waals surface area contributed by atoms with E-state index in [0.717, 1.165) is 74.5 Å². The molecule has 4 rings (SSSR count). The third-order valence-electron chi connectivity index (χ3n) is 7.03. The van der Waals surface area contributed by atoms with Gasteiger partial charge in [-0.05, 0) is 63.2 Å². The second-order valence-corrected chi connectivity index (χ2v) is 9.72. The Morgan fingerprint density at radius 2 is 1.65 bits per heavy atom. The summed E-state index contributed by atoms with van der Waals surface area (Å²) in [6.45, 7) is 4.48. The van der Waals surface area contributed by atoms with Gasteiger partial charge in [0.15, 0.2) is 0 Å². The van der Waals surface area contributed by atoms with E-state index in [9.17, 15) is 10.2 Å². The summed E-state index contributed by atoms with van der Waals surface area (Å²) in [5.74, 6) is 2.43. The van der Waals surface area contributed by atoms with E-state index in [0.29, 0.717) is 17.7 Å². The predicted molar refractivity (Wildman–Crippen MR) is 121 cm³/mol. The minimum atomic E-state index is -0.204. The Kier molecular flexibility index (Phi) is 7.39. The highest BCUT2D eigenvalue weighted by Gasteiger charge is 2.26. The Hall–Kier alpha value is -1.79. The van der Waals surface area contributed by atoms with Crippen molar-refractivity contribution in [3.63, 3.8) is 0 Å². The number of aliphatic hydroxyl groups excluding tert-OH is 2. The molecule has 0 aliphatic heterocycles. The minimum absolute atomic E-state index is 0.0824. The molecule has 2 aromatic heterocycles. The molecule has 2 aliphatic carbocycles. The lowest BCUT2D eigenvalue weighted by Crippen LogP contribution is -2.27. The van der Waals surface area contributed by atoms with Crippen molar-refractivity contribution in [2.45, 2.75) is 109 Å². The number of fused-ring (bicyclic) bond motifs is 1. The van der Waals surface area contributed by atoms with Crippen molar-refractivity contribution in [2.75, 3.05) is 0 Å². The second kappa shape index (κ2) is 10.2. The zero-order valence-electron chi connectivity index (χ0n) is 19.0. The van der Waals surface area contributed by atoms with Gasteiger partial charge in [-0.2, -0.15) is 0 Å². The second-order valence-electron chi connectivity index (χ2n) is 9.72. The first-order valence-corrected chi connectivity index (χ1v) is 12.2. The largest absolute Gasteiger partial charge is 0.474 e. The van der Waals surface area contributed by atoms with Gasteiger partial charge in [0, 0.05) is 24.4 Å². The van der Waals surface area contributed by atoms with Gasteiger partial charge in [0.05, 0.1) is 23.1 Å². The zero-order valence-corrected chi connectivity index (χ0v) is 19.0. The van der Waals surface area contributed by atoms with Gasteiger partial charge in [0.25, 0.3) is 0 Å². The van der Waals surface area contributed by atoms with Gasteiger partial charge < -0.3 is 14.9 Å². The number of hydrogen-bond acceptors (Lipinski definition) is 6. The van der Waals surface area contributed by atoms with Gasteiger partial charge in [-0.3, -0.25) is 0 Å². The molecule has 0 saturated heterocycles. The van der Waals surface area contributed by atoms with Gasteiger partial charge in [-0.15, -0.1) is 0 Å². The Morgan fingerprint density at radius 3 is 2.32 bits per heavy atom. The quantitative estimate of drug-likeness (QED) is 0.666. The van der Waals surface area contributed by atoms with Crippen LogP contribution < -0.4 is 4.74 Å². The molecule has 2 fully saturated rings. The number of hydrogen-bond donors (Lipinski definition) is 2. The van der Waals surface area contributed by atoms with Crippen LogP contribution in [0.3, 0.4) is 0 Å². The number of aromatic nitrogens is 3. The molecule has 170 valence electrons. The average molecular weight is 428 g/mol. The molecule has 1 unspecified atom stereocenters. The van der Waals surface area contributed by atoms with E-state index < -0.39 is 0 Å². The predicted octanol–water partition coefficient (Wildman–Crippen LogP) is 4.70. The van der Waals surface area contributed by atoms with E-state index in [-0.39, 0.29) is 18.3 Å². The van der Waals surface area contributed by atoms with Gasteiger partial charge >= 0.3 is 0 Å². The summed E-state index contributed by atoms with van der Waals surface area (Å²) in [6.07, 6.45) is 13.6. The lowest BCUT2D eigenvalue weighted by atomic mass is 9.82. The molecule has 0 radical (unpaired) electrons. The molecule has 6 nitrogen and oxygen atoms in total. The molecule has 0 bridgehead atoms. The smallest absolute Gasteiger partial charge is 0.224 e.